The van der Waals surface area contributed by atoms with Crippen LogP contribution < -0.4 is 4.90 Å². The van der Waals surface area contributed by atoms with E-state index in [2.05, 4.69) is 26.9 Å². The van der Waals surface area contributed by atoms with Gasteiger partial charge in [0.1, 0.15) is 5.82 Å². The monoisotopic (exact) mass is 396 g/mol. The summed E-state index contributed by atoms with van der Waals surface area (Å²) in [6.45, 7) is 4.75. The van der Waals surface area contributed by atoms with Gasteiger partial charge in [-0.1, -0.05) is 12.1 Å². The second-order valence-electron chi connectivity index (χ2n) is 8.00. The van der Waals surface area contributed by atoms with Gasteiger partial charge in [0.2, 0.25) is 0 Å². The molecule has 0 spiro atoms. The SMILES string of the molecule is N#Cc1cccc(CN2CCc3nc(-c4ccncc4)nc(N4CCCC4)c3C2)c1. The fourth-order valence-electron chi connectivity index (χ4n) is 4.41. The minimum absolute atomic E-state index is 0.716. The van der Waals surface area contributed by atoms with Crippen molar-refractivity contribution in [2.24, 2.45) is 0 Å². The quantitative estimate of drug-likeness (QED) is 0.672. The van der Waals surface area contributed by atoms with Gasteiger partial charge in [-0.15, -0.1) is 0 Å². The van der Waals surface area contributed by atoms with E-state index in [1.165, 1.54) is 29.7 Å². The first kappa shape index (κ1) is 18.7. The molecule has 0 unspecified atom stereocenters. The number of nitriles is 1. The van der Waals surface area contributed by atoms with Crippen LogP contribution in [0.2, 0.25) is 0 Å². The molecule has 3 aromatic rings. The fourth-order valence-corrected chi connectivity index (χ4v) is 4.41. The molecule has 0 bridgehead atoms. The Balaban J connectivity index is 1.47. The third-order valence-corrected chi connectivity index (χ3v) is 5.92. The molecule has 0 N–H and O–H groups in total. The molecule has 150 valence electrons. The van der Waals surface area contributed by atoms with Crippen LogP contribution in [-0.4, -0.2) is 39.5 Å². The first-order chi connectivity index (χ1) is 14.8. The summed E-state index contributed by atoms with van der Waals surface area (Å²) in [5.41, 5.74) is 5.34. The van der Waals surface area contributed by atoms with Crippen LogP contribution in [0.5, 0.6) is 0 Å². The van der Waals surface area contributed by atoms with E-state index in [4.69, 9.17) is 9.97 Å². The maximum Gasteiger partial charge on any atom is 0.161 e. The van der Waals surface area contributed by atoms with E-state index < -0.39 is 0 Å². The van der Waals surface area contributed by atoms with Crippen molar-refractivity contribution in [2.45, 2.75) is 32.4 Å². The average Bonchev–Trinajstić information content (AvgIpc) is 3.34. The van der Waals surface area contributed by atoms with E-state index in [1.807, 2.05) is 30.3 Å². The van der Waals surface area contributed by atoms with Crippen LogP contribution in [0.1, 0.15) is 35.2 Å². The first-order valence-corrected chi connectivity index (χ1v) is 10.6. The van der Waals surface area contributed by atoms with Crippen LogP contribution in [-0.2, 0) is 19.5 Å². The van der Waals surface area contributed by atoms with Gasteiger partial charge in [-0.3, -0.25) is 9.88 Å². The van der Waals surface area contributed by atoms with E-state index in [0.29, 0.717) is 5.56 Å². The Hall–Kier alpha value is -3.30. The third-order valence-electron chi connectivity index (χ3n) is 5.92. The normalized spacial score (nSPS) is 16.3. The number of rotatable bonds is 4. The lowest BCUT2D eigenvalue weighted by molar-refractivity contribution is 0.243. The molecule has 6 nitrogen and oxygen atoms in total. The van der Waals surface area contributed by atoms with Crippen LogP contribution in [0.4, 0.5) is 5.82 Å². The van der Waals surface area contributed by atoms with Crippen molar-refractivity contribution >= 4 is 5.82 Å². The van der Waals surface area contributed by atoms with Crippen LogP contribution in [0.25, 0.3) is 11.4 Å². The minimum atomic E-state index is 0.716. The van der Waals surface area contributed by atoms with E-state index in [0.717, 1.165) is 56.4 Å². The zero-order valence-electron chi connectivity index (χ0n) is 17.0. The zero-order chi connectivity index (χ0) is 20.3. The second kappa shape index (κ2) is 8.21. The summed E-state index contributed by atoms with van der Waals surface area (Å²) in [6.07, 6.45) is 6.94. The topological polar surface area (TPSA) is 68.9 Å². The molecule has 0 aliphatic carbocycles. The molecule has 2 aliphatic rings. The van der Waals surface area contributed by atoms with Crippen molar-refractivity contribution in [3.05, 3.63) is 71.2 Å². The van der Waals surface area contributed by atoms with E-state index in [1.54, 1.807) is 12.4 Å². The Labute approximate surface area is 176 Å². The lowest BCUT2D eigenvalue weighted by Gasteiger charge is -2.32. The summed E-state index contributed by atoms with van der Waals surface area (Å²) >= 11 is 0. The molecule has 0 amide bonds. The minimum Gasteiger partial charge on any atom is -0.356 e. The predicted octanol–water partition coefficient (Wildman–Crippen LogP) is 3.57. The summed E-state index contributed by atoms with van der Waals surface area (Å²) in [5, 5.41) is 9.19. The first-order valence-electron chi connectivity index (χ1n) is 10.6. The van der Waals surface area contributed by atoms with Gasteiger partial charge in [-0.05, 0) is 42.7 Å². The molecule has 0 radical (unpaired) electrons. The number of pyridine rings is 1. The number of fused-ring (bicyclic) bond motifs is 1. The average molecular weight is 396 g/mol. The molecular formula is C24H24N6. The summed E-state index contributed by atoms with van der Waals surface area (Å²) in [4.78, 5) is 19.0. The molecule has 1 aromatic carbocycles. The van der Waals surface area contributed by atoms with Crippen LogP contribution in [0.15, 0.2) is 48.8 Å². The second-order valence-corrected chi connectivity index (χ2v) is 8.00. The third kappa shape index (κ3) is 3.77. The van der Waals surface area contributed by atoms with Crippen molar-refractivity contribution in [1.29, 1.82) is 5.26 Å². The Morgan fingerprint density at radius 2 is 1.83 bits per heavy atom. The Morgan fingerprint density at radius 1 is 1.00 bits per heavy atom. The van der Waals surface area contributed by atoms with Gasteiger partial charge in [0.15, 0.2) is 5.82 Å². The van der Waals surface area contributed by atoms with Crippen molar-refractivity contribution in [2.75, 3.05) is 24.5 Å². The maximum absolute atomic E-state index is 9.19. The Bertz CT molecular complexity index is 1080. The number of hydrogen-bond donors (Lipinski definition) is 0. The highest BCUT2D eigenvalue weighted by Crippen LogP contribution is 2.31. The maximum atomic E-state index is 9.19. The summed E-state index contributed by atoms with van der Waals surface area (Å²) in [6, 6.07) is 14.1. The molecule has 30 heavy (non-hydrogen) atoms. The number of anilines is 1. The largest absolute Gasteiger partial charge is 0.356 e. The number of aromatic nitrogens is 3. The smallest absolute Gasteiger partial charge is 0.161 e. The molecule has 1 saturated heterocycles. The van der Waals surface area contributed by atoms with Gasteiger partial charge in [0.25, 0.3) is 0 Å². The zero-order valence-corrected chi connectivity index (χ0v) is 17.0. The highest BCUT2D eigenvalue weighted by molar-refractivity contribution is 5.61. The van der Waals surface area contributed by atoms with Gasteiger partial charge in [-0.2, -0.15) is 5.26 Å². The van der Waals surface area contributed by atoms with Crippen molar-refractivity contribution in [1.82, 2.24) is 19.9 Å². The molecule has 2 aliphatic heterocycles. The van der Waals surface area contributed by atoms with Crippen molar-refractivity contribution in [3.8, 4) is 17.5 Å². The van der Waals surface area contributed by atoms with Gasteiger partial charge < -0.3 is 4.90 Å². The van der Waals surface area contributed by atoms with Gasteiger partial charge in [0.05, 0.1) is 17.3 Å². The molecule has 0 saturated carbocycles. The van der Waals surface area contributed by atoms with E-state index in [9.17, 15) is 5.26 Å². The Kier molecular flexibility index (Phi) is 5.12. The predicted molar refractivity (Wildman–Crippen MR) is 116 cm³/mol. The van der Waals surface area contributed by atoms with Crippen molar-refractivity contribution in [3.63, 3.8) is 0 Å². The summed E-state index contributed by atoms with van der Waals surface area (Å²) < 4.78 is 0. The van der Waals surface area contributed by atoms with Crippen LogP contribution >= 0.6 is 0 Å². The molecule has 1 fully saturated rings. The van der Waals surface area contributed by atoms with Gasteiger partial charge >= 0.3 is 0 Å². The van der Waals surface area contributed by atoms with Crippen LogP contribution in [0, 0.1) is 11.3 Å². The molecular weight excluding hydrogens is 372 g/mol. The summed E-state index contributed by atoms with van der Waals surface area (Å²) in [5.74, 6) is 1.90. The summed E-state index contributed by atoms with van der Waals surface area (Å²) in [7, 11) is 0. The highest BCUT2D eigenvalue weighted by Gasteiger charge is 2.27. The van der Waals surface area contributed by atoms with Gasteiger partial charge in [-0.25, -0.2) is 9.97 Å². The molecule has 4 heterocycles. The molecule has 5 rings (SSSR count). The molecule has 2 aromatic heterocycles. The number of hydrogen-bond acceptors (Lipinski definition) is 6. The molecule has 0 atom stereocenters. The number of nitrogens with zero attached hydrogens (tertiary/aromatic N) is 6. The van der Waals surface area contributed by atoms with E-state index in [-0.39, 0.29) is 0 Å². The fraction of sp³-hybridized carbons (Fsp3) is 0.333. The number of benzene rings is 1. The molecule has 6 heteroatoms. The lowest BCUT2D eigenvalue weighted by Crippen LogP contribution is -2.33. The van der Waals surface area contributed by atoms with Crippen molar-refractivity contribution < 1.29 is 0 Å². The van der Waals surface area contributed by atoms with Gasteiger partial charge in [0, 0.05) is 62.7 Å². The van der Waals surface area contributed by atoms with Crippen LogP contribution in [0.3, 0.4) is 0 Å². The Morgan fingerprint density at radius 3 is 2.63 bits per heavy atom. The lowest BCUT2D eigenvalue weighted by atomic mass is 10.0. The highest BCUT2D eigenvalue weighted by atomic mass is 15.2. The van der Waals surface area contributed by atoms with E-state index >= 15 is 0 Å². The standard InChI is InChI=1S/C24H24N6/c25-15-18-4-3-5-19(14-18)16-29-13-8-22-21(17-29)24(30-11-1-2-12-30)28-23(27-22)20-6-9-26-10-7-20/h3-7,9-10,14H,1-2,8,11-13,16-17H2.